The van der Waals surface area contributed by atoms with Crippen molar-refractivity contribution in [3.63, 3.8) is 0 Å². The number of aromatic hydroxyl groups is 2. The largest absolute Gasteiger partial charge is 2.00 e. The molecule has 3 N–H and O–H groups in total. The minimum atomic E-state index is -1.24. The monoisotopic (exact) mass is 666 g/mol. The fraction of sp³-hybridized carbons (Fsp3) is 0.462. The summed E-state index contributed by atoms with van der Waals surface area (Å²) in [6, 6.07) is 8.59. The minimum Gasteiger partial charge on any atom is -0.507 e. The van der Waals surface area contributed by atoms with Gasteiger partial charge in [0, 0.05) is 17.5 Å². The third kappa shape index (κ3) is 11.0. The summed E-state index contributed by atoms with van der Waals surface area (Å²) in [6.45, 7) is 10.6. The molecule has 4 nitrogen and oxygen atoms in total. The van der Waals surface area contributed by atoms with Crippen LogP contribution >= 0.6 is 0 Å². The molecule has 0 unspecified atom stereocenters. The van der Waals surface area contributed by atoms with E-state index in [9.17, 15) is 15.0 Å². The van der Waals surface area contributed by atoms with Crippen molar-refractivity contribution in [1.29, 1.82) is 0 Å². The first kappa shape index (κ1) is 38.7. The van der Waals surface area contributed by atoms with E-state index < -0.39 is 5.97 Å². The maximum absolute atomic E-state index is 11.3. The molecule has 0 spiro atoms. The number of phenolic OH excluding ortho intramolecular Hbond substituents is 2. The van der Waals surface area contributed by atoms with Gasteiger partial charge in [0.25, 0.3) is 0 Å². The second-order valence-corrected chi connectivity index (χ2v) is 12.2. The molecule has 2 fully saturated rings. The summed E-state index contributed by atoms with van der Waals surface area (Å²) < 4.78 is 0. The van der Waals surface area contributed by atoms with E-state index in [1.165, 1.54) is 49.7 Å². The Hall–Kier alpha value is -3.37. The van der Waals surface area contributed by atoms with Crippen LogP contribution in [0.3, 0.4) is 0 Å². The molecule has 5 heteroatoms. The molecule has 0 heterocycles. The molecule has 0 atom stereocenters. The number of aryl methyl sites for hydroxylation is 2. The van der Waals surface area contributed by atoms with Gasteiger partial charge in [-0.15, -0.1) is 0 Å². The van der Waals surface area contributed by atoms with Gasteiger partial charge in [-0.1, -0.05) is 93.7 Å². The van der Waals surface area contributed by atoms with Crippen molar-refractivity contribution in [2.45, 2.75) is 116 Å². The fourth-order valence-corrected chi connectivity index (χ4v) is 6.45. The third-order valence-corrected chi connectivity index (χ3v) is 8.68. The van der Waals surface area contributed by atoms with Crippen LogP contribution in [0.25, 0.3) is 0 Å². The first-order chi connectivity index (χ1) is 20.4. The van der Waals surface area contributed by atoms with Crippen LogP contribution in [0, 0.1) is 62.2 Å². The molecule has 2 aromatic rings. The maximum atomic E-state index is 11.3. The van der Waals surface area contributed by atoms with Gasteiger partial charge in [0.1, 0.15) is 11.5 Å². The summed E-state index contributed by atoms with van der Waals surface area (Å²) in [5.41, 5.74) is 6.60. The van der Waals surface area contributed by atoms with Gasteiger partial charge >= 0.3 is 32.2 Å². The Morgan fingerprint density at radius 1 is 0.750 bits per heavy atom. The average Bonchev–Trinajstić information content (AvgIpc) is 2.97. The molecule has 0 aliphatic heterocycles. The number of rotatable bonds is 4. The Bertz CT molecular complexity index is 1410. The number of aliphatic carboxylic acids is 1. The topological polar surface area (TPSA) is 77.8 Å². The van der Waals surface area contributed by atoms with Crippen LogP contribution in [0.15, 0.2) is 24.3 Å². The van der Waals surface area contributed by atoms with E-state index in [1.54, 1.807) is 18.8 Å². The predicted molar refractivity (Wildman–Crippen MR) is 172 cm³/mol. The van der Waals surface area contributed by atoms with Crippen LogP contribution in [0.4, 0.5) is 0 Å². The average molecular weight is 668 g/mol. The first-order valence-electron chi connectivity index (χ1n) is 15.1. The normalized spacial score (nSPS) is 15.6. The summed E-state index contributed by atoms with van der Waals surface area (Å²) in [7, 11) is 0. The van der Waals surface area contributed by atoms with Crippen molar-refractivity contribution in [2.24, 2.45) is 0 Å². The first-order valence-corrected chi connectivity index (χ1v) is 15.1. The molecule has 0 amide bonds. The van der Waals surface area contributed by atoms with E-state index in [4.69, 9.17) is 18.0 Å². The Kier molecular flexibility index (Phi) is 16.2. The zero-order chi connectivity index (χ0) is 32.0. The molecule has 4 rings (SSSR count). The van der Waals surface area contributed by atoms with Crippen molar-refractivity contribution in [3.05, 3.63) is 70.5 Å². The molecule has 2 aliphatic rings. The van der Waals surface area contributed by atoms with E-state index in [0.717, 1.165) is 47.9 Å². The van der Waals surface area contributed by atoms with E-state index in [0.29, 0.717) is 17.9 Å². The van der Waals surface area contributed by atoms with Crippen molar-refractivity contribution >= 4 is 5.97 Å². The van der Waals surface area contributed by atoms with Gasteiger partial charge in [-0.2, -0.15) is 0 Å². The number of hydrogen-bond acceptors (Lipinski definition) is 3. The standard InChI is InChI=1S/C29H40O2.C5HO2.C5H3.Zr/c1-20-15-22(26(30)24(17-20)28(3)11-7-5-8-12-28)19-23-16-21(2)18-25(27(23)31)29(4)13-9-6-10-14-29;1-2-3-4-5(6)7;1-3-5-4-2;/h15-18,30-31H,5-14,19H2,1-4H3;(H,6,7);1H3;/q;2*-1;+2. The molecular weight excluding hydrogens is 624 g/mol. The van der Waals surface area contributed by atoms with Gasteiger partial charge in [0.15, 0.2) is 0 Å². The fourth-order valence-electron chi connectivity index (χ4n) is 6.45. The molecule has 0 saturated heterocycles. The second-order valence-electron chi connectivity index (χ2n) is 12.2. The van der Waals surface area contributed by atoms with Crippen molar-refractivity contribution in [1.82, 2.24) is 0 Å². The van der Waals surface area contributed by atoms with Crippen LogP contribution in [0.1, 0.15) is 118 Å². The van der Waals surface area contributed by atoms with Crippen LogP contribution < -0.4 is 0 Å². The zero-order valence-corrected chi connectivity index (χ0v) is 29.3. The molecular formula is C39H44O4Zr. The molecule has 44 heavy (non-hydrogen) atoms. The van der Waals surface area contributed by atoms with Gasteiger partial charge in [0.2, 0.25) is 0 Å². The summed E-state index contributed by atoms with van der Waals surface area (Å²) >= 11 is 0. The quantitative estimate of drug-likeness (QED) is 0.228. The molecule has 2 saturated carbocycles. The number of carbonyl (C=O) groups is 1. The molecule has 2 aromatic carbocycles. The summed E-state index contributed by atoms with van der Waals surface area (Å²) in [5.74, 6) is 11.4. The van der Waals surface area contributed by atoms with Crippen LogP contribution in [-0.2, 0) is 48.2 Å². The SMILES string of the molecule is Cc1cc(Cc2cc(C)cc(C3(C)CCCCC3)c2O)c(O)c(C2(C)CCCCC2)c1.[C-]#CC#CC.[C-]#CC#CC(=O)O.[Zr+2]. The van der Waals surface area contributed by atoms with Crippen LogP contribution in [0.5, 0.6) is 11.5 Å². The molecule has 0 aromatic heterocycles. The minimum absolute atomic E-state index is 0. The van der Waals surface area contributed by atoms with Crippen molar-refractivity contribution < 1.29 is 46.3 Å². The Morgan fingerprint density at radius 3 is 1.41 bits per heavy atom. The predicted octanol–water partition coefficient (Wildman–Crippen LogP) is 8.01. The molecule has 0 bridgehead atoms. The number of hydrogen-bond donors (Lipinski definition) is 3. The van der Waals surface area contributed by atoms with Gasteiger partial charge in [0.05, 0.1) is 0 Å². The van der Waals surface area contributed by atoms with E-state index in [2.05, 4.69) is 63.8 Å². The van der Waals surface area contributed by atoms with Gasteiger partial charge in [-0.3, -0.25) is 17.8 Å². The Morgan fingerprint density at radius 2 is 1.14 bits per heavy atom. The second kappa shape index (κ2) is 18.4. The number of phenols is 2. The Balaban J connectivity index is 0.000000634. The van der Waals surface area contributed by atoms with E-state index >= 15 is 0 Å². The van der Waals surface area contributed by atoms with Crippen molar-refractivity contribution in [2.75, 3.05) is 0 Å². The molecule has 0 radical (unpaired) electrons. The smallest absolute Gasteiger partial charge is 0.507 e. The van der Waals surface area contributed by atoms with Crippen LogP contribution in [-0.4, -0.2) is 21.3 Å². The van der Waals surface area contributed by atoms with Crippen molar-refractivity contribution in [3.8, 4) is 47.0 Å². The van der Waals surface area contributed by atoms with Crippen LogP contribution in [0.2, 0.25) is 0 Å². The number of carboxylic acid groups (broad SMARTS) is 1. The van der Waals surface area contributed by atoms with E-state index in [1.807, 2.05) is 11.8 Å². The summed E-state index contributed by atoms with van der Waals surface area (Å²) in [5, 5.41) is 30.4. The zero-order valence-electron chi connectivity index (χ0n) is 26.8. The summed E-state index contributed by atoms with van der Waals surface area (Å²) in [6.07, 6.45) is 25.0. The number of carboxylic acids is 1. The Labute approximate surface area is 284 Å². The van der Waals surface area contributed by atoms with E-state index in [-0.39, 0.29) is 37.0 Å². The van der Waals surface area contributed by atoms with Gasteiger partial charge < -0.3 is 28.2 Å². The number of benzene rings is 2. The third-order valence-electron chi connectivity index (χ3n) is 8.68. The summed E-state index contributed by atoms with van der Waals surface area (Å²) in [4.78, 5) is 9.46. The molecule has 228 valence electrons. The molecule has 2 aliphatic carbocycles. The van der Waals surface area contributed by atoms with Gasteiger partial charge in [-0.25, -0.2) is 16.6 Å². The van der Waals surface area contributed by atoms with Gasteiger partial charge in [-0.05, 0) is 68.4 Å². The maximum Gasteiger partial charge on any atom is 2.00 e.